The third-order valence-electron chi connectivity index (χ3n) is 3.92. The number of ketones is 1. The highest BCUT2D eigenvalue weighted by molar-refractivity contribution is 7.89. The van der Waals surface area contributed by atoms with Crippen molar-refractivity contribution in [1.82, 2.24) is 0 Å². The van der Waals surface area contributed by atoms with Crippen LogP contribution in [0.2, 0.25) is 15.1 Å². The number of carbonyl (C=O) groups is 2. The van der Waals surface area contributed by atoms with E-state index in [2.05, 4.69) is 0 Å². The Morgan fingerprint density at radius 1 is 1.15 bits per heavy atom. The van der Waals surface area contributed by atoms with Crippen molar-refractivity contribution in [2.24, 2.45) is 5.14 Å². The van der Waals surface area contributed by atoms with E-state index in [0.717, 1.165) is 6.07 Å². The van der Waals surface area contributed by atoms with Crippen molar-refractivity contribution in [1.29, 1.82) is 0 Å². The molecule has 0 radical (unpaired) electrons. The third-order valence-corrected chi connectivity index (χ3v) is 6.17. The van der Waals surface area contributed by atoms with Crippen molar-refractivity contribution in [2.45, 2.75) is 17.4 Å². The second kappa shape index (κ2) is 6.96. The Bertz CT molecular complexity index is 1100. The van der Waals surface area contributed by atoms with Crippen molar-refractivity contribution < 1.29 is 27.9 Å². The topological polar surface area (TPSA) is 124 Å². The molecule has 1 aliphatic heterocycles. The number of sulfonamides is 1. The average molecular weight is 451 g/mol. The normalized spacial score (nSPS) is 15.9. The number of carboxylic acid groups (broad SMARTS) is 1. The molecule has 11 heteroatoms. The first-order valence-corrected chi connectivity index (χ1v) is 9.96. The molecule has 0 saturated heterocycles. The summed E-state index contributed by atoms with van der Waals surface area (Å²) in [6.45, 7) is 0. The molecule has 7 nitrogen and oxygen atoms in total. The van der Waals surface area contributed by atoms with Crippen LogP contribution in [-0.2, 0) is 21.2 Å². The van der Waals surface area contributed by atoms with Gasteiger partial charge in [0.1, 0.15) is 15.7 Å². The van der Waals surface area contributed by atoms with E-state index in [0.29, 0.717) is 5.56 Å². The van der Waals surface area contributed by atoms with Gasteiger partial charge in [0.05, 0.1) is 10.0 Å². The van der Waals surface area contributed by atoms with E-state index in [1.807, 2.05) is 0 Å². The Morgan fingerprint density at radius 2 is 1.81 bits per heavy atom. The number of nitrogens with two attached hydrogens (primary N) is 1. The fourth-order valence-electron chi connectivity index (χ4n) is 2.65. The Balaban J connectivity index is 2.09. The second-order valence-electron chi connectivity index (χ2n) is 5.71. The summed E-state index contributed by atoms with van der Waals surface area (Å²) in [5, 5.41) is 13.8. The van der Waals surface area contributed by atoms with Crippen LogP contribution in [-0.4, -0.2) is 31.4 Å². The van der Waals surface area contributed by atoms with E-state index in [-0.39, 0.29) is 38.4 Å². The average Bonchev–Trinajstić information content (AvgIpc) is 3.01. The molecular weight excluding hydrogens is 441 g/mol. The molecular formula is C16H10Cl3NO6S. The van der Waals surface area contributed by atoms with Gasteiger partial charge in [-0.1, -0.05) is 34.8 Å². The third kappa shape index (κ3) is 3.63. The predicted octanol–water partition coefficient (Wildman–Crippen LogP) is 2.91. The number of benzene rings is 2. The summed E-state index contributed by atoms with van der Waals surface area (Å²) in [4.78, 5) is 23.6. The lowest BCUT2D eigenvalue weighted by Gasteiger charge is -2.11. The smallest absolute Gasteiger partial charge is 0.345 e. The first-order valence-electron chi connectivity index (χ1n) is 7.28. The monoisotopic (exact) mass is 449 g/mol. The second-order valence-corrected chi connectivity index (χ2v) is 8.40. The largest absolute Gasteiger partial charge is 0.478 e. The number of hydrogen-bond acceptors (Lipinski definition) is 5. The Labute approximate surface area is 168 Å². The van der Waals surface area contributed by atoms with Crippen LogP contribution in [0.4, 0.5) is 0 Å². The summed E-state index contributed by atoms with van der Waals surface area (Å²) < 4.78 is 28.5. The zero-order chi connectivity index (χ0) is 20.1. The number of rotatable bonds is 4. The summed E-state index contributed by atoms with van der Waals surface area (Å²) in [5.74, 6) is -1.71. The van der Waals surface area contributed by atoms with E-state index in [4.69, 9.17) is 49.8 Å². The molecule has 0 bridgehead atoms. The van der Waals surface area contributed by atoms with Crippen LogP contribution in [0.5, 0.6) is 5.75 Å². The number of aliphatic carboxylic acids is 1. The van der Waals surface area contributed by atoms with Gasteiger partial charge < -0.3 is 9.84 Å². The van der Waals surface area contributed by atoms with Gasteiger partial charge in [-0.25, -0.2) is 18.4 Å². The SMILES string of the molecule is NS(=O)(=O)c1cc(C(=O)c2cc3c(c(Cl)c2Cl)OC(C(=O)O)C3)ccc1Cl. The maximum atomic E-state index is 12.8. The summed E-state index contributed by atoms with van der Waals surface area (Å²) in [6.07, 6.45) is -1.13. The molecule has 3 N–H and O–H groups in total. The van der Waals surface area contributed by atoms with Crippen LogP contribution in [0.3, 0.4) is 0 Å². The molecule has 0 spiro atoms. The fourth-order valence-corrected chi connectivity index (χ4v) is 4.21. The summed E-state index contributed by atoms with van der Waals surface area (Å²) in [7, 11) is -4.14. The van der Waals surface area contributed by atoms with Gasteiger partial charge in [0, 0.05) is 23.1 Å². The molecule has 1 unspecified atom stereocenters. The maximum absolute atomic E-state index is 12.8. The molecule has 0 aromatic heterocycles. The van der Waals surface area contributed by atoms with Crippen LogP contribution in [0.1, 0.15) is 21.5 Å². The quantitative estimate of drug-likeness (QED) is 0.690. The highest BCUT2D eigenvalue weighted by Gasteiger charge is 2.33. The minimum atomic E-state index is -4.14. The summed E-state index contributed by atoms with van der Waals surface area (Å²) in [6, 6.07) is 4.95. The van der Waals surface area contributed by atoms with E-state index < -0.39 is 32.8 Å². The summed E-state index contributed by atoms with van der Waals surface area (Å²) >= 11 is 18.1. The molecule has 0 aliphatic carbocycles. The number of fused-ring (bicyclic) bond motifs is 1. The van der Waals surface area contributed by atoms with E-state index in [1.165, 1.54) is 18.2 Å². The molecule has 3 rings (SSSR count). The number of carboxylic acids is 1. The van der Waals surface area contributed by atoms with E-state index in [1.54, 1.807) is 0 Å². The zero-order valence-electron chi connectivity index (χ0n) is 13.2. The lowest BCUT2D eigenvalue weighted by Crippen LogP contribution is -2.24. The van der Waals surface area contributed by atoms with Gasteiger partial charge in [-0.05, 0) is 24.3 Å². The van der Waals surface area contributed by atoms with Crippen LogP contribution < -0.4 is 9.88 Å². The number of ether oxygens (including phenoxy) is 1. The number of halogens is 3. The van der Waals surface area contributed by atoms with Crippen LogP contribution in [0, 0.1) is 0 Å². The van der Waals surface area contributed by atoms with Crippen molar-refractivity contribution in [2.75, 3.05) is 0 Å². The maximum Gasteiger partial charge on any atom is 0.345 e. The standard InChI is InChI=1S/C16H10Cl3NO6S/c17-9-2-1-6(5-11(9)27(20,24)25)14(21)8-3-7-4-10(16(22)23)26-15(7)13(19)12(8)18/h1-3,5,10H,4H2,(H,22,23)(H2,20,24,25). The molecule has 2 aromatic rings. The van der Waals surface area contributed by atoms with Crippen LogP contribution >= 0.6 is 34.8 Å². The number of primary sulfonamides is 1. The highest BCUT2D eigenvalue weighted by Crippen LogP contribution is 2.43. The molecule has 1 aliphatic rings. The van der Waals surface area contributed by atoms with Gasteiger partial charge in [0.2, 0.25) is 10.0 Å². The minimum absolute atomic E-state index is 0.00484. The van der Waals surface area contributed by atoms with Gasteiger partial charge in [-0.15, -0.1) is 0 Å². The molecule has 0 fully saturated rings. The van der Waals surface area contributed by atoms with E-state index >= 15 is 0 Å². The molecule has 142 valence electrons. The minimum Gasteiger partial charge on any atom is -0.478 e. The lowest BCUT2D eigenvalue weighted by atomic mass is 9.99. The zero-order valence-corrected chi connectivity index (χ0v) is 16.3. The van der Waals surface area contributed by atoms with Crippen molar-refractivity contribution >= 4 is 56.6 Å². The molecule has 0 saturated carbocycles. The molecule has 1 atom stereocenters. The Morgan fingerprint density at radius 3 is 2.41 bits per heavy atom. The number of carbonyl (C=O) groups excluding carboxylic acids is 1. The molecule has 1 heterocycles. The Kier molecular flexibility index (Phi) is 5.13. The van der Waals surface area contributed by atoms with Gasteiger partial charge in [0.25, 0.3) is 0 Å². The summed E-state index contributed by atoms with van der Waals surface area (Å²) in [5.41, 5.74) is 0.341. The first-order chi connectivity index (χ1) is 12.5. The van der Waals surface area contributed by atoms with Crippen LogP contribution in [0.15, 0.2) is 29.2 Å². The van der Waals surface area contributed by atoms with Crippen molar-refractivity contribution in [3.63, 3.8) is 0 Å². The van der Waals surface area contributed by atoms with Gasteiger partial charge in [-0.3, -0.25) is 4.79 Å². The van der Waals surface area contributed by atoms with Crippen molar-refractivity contribution in [3.8, 4) is 5.75 Å². The lowest BCUT2D eigenvalue weighted by molar-refractivity contribution is -0.144. The van der Waals surface area contributed by atoms with E-state index in [9.17, 15) is 18.0 Å². The van der Waals surface area contributed by atoms with Gasteiger partial charge in [0.15, 0.2) is 11.9 Å². The molecule has 0 amide bonds. The molecule has 27 heavy (non-hydrogen) atoms. The Hall–Kier alpha value is -1.84. The van der Waals surface area contributed by atoms with Gasteiger partial charge in [-0.2, -0.15) is 0 Å². The predicted molar refractivity (Wildman–Crippen MR) is 98.5 cm³/mol. The highest BCUT2D eigenvalue weighted by atomic mass is 35.5. The number of hydrogen-bond donors (Lipinski definition) is 2. The van der Waals surface area contributed by atoms with Gasteiger partial charge >= 0.3 is 5.97 Å². The van der Waals surface area contributed by atoms with Crippen molar-refractivity contribution in [3.05, 3.63) is 56.0 Å². The first kappa shape index (κ1) is 19.9. The molecule has 2 aromatic carbocycles. The fraction of sp³-hybridized carbons (Fsp3) is 0.125. The van der Waals surface area contributed by atoms with Crippen LogP contribution in [0.25, 0.3) is 0 Å².